The number of aromatic nitrogens is 2. The Balaban J connectivity index is 1.95. The number of alkyl halides is 1. The summed E-state index contributed by atoms with van der Waals surface area (Å²) < 4.78 is 2.10. The molecule has 1 saturated heterocycles. The maximum absolute atomic E-state index is 6.17. The Kier molecular flexibility index (Phi) is 3.41. The molecular formula is C16H22ClN3. The molecule has 0 amide bonds. The van der Waals surface area contributed by atoms with Crippen LogP contribution in [0.4, 0.5) is 5.82 Å². The molecule has 0 radical (unpaired) electrons. The molecular weight excluding hydrogens is 270 g/mol. The van der Waals surface area contributed by atoms with Crippen LogP contribution in [0.3, 0.4) is 0 Å². The van der Waals surface area contributed by atoms with Gasteiger partial charge >= 0.3 is 0 Å². The molecule has 2 aromatic rings. The number of halogens is 1. The van der Waals surface area contributed by atoms with Gasteiger partial charge in [-0.05, 0) is 29.9 Å². The summed E-state index contributed by atoms with van der Waals surface area (Å²) >= 11 is 6.17. The third-order valence-corrected chi connectivity index (χ3v) is 4.70. The molecule has 3 heterocycles. The average Bonchev–Trinajstić information content (AvgIpc) is 3.02. The molecule has 0 aliphatic carbocycles. The standard InChI is InChI=1S/C16H22ClN3/c1-16(2,3)12-7-9-19(11-12)15-13(10-17)20-8-5-4-6-14(20)18-15/h4-6,8,12H,7,9-11H2,1-3H3. The van der Waals surface area contributed by atoms with Crippen LogP contribution in [0.15, 0.2) is 24.4 Å². The lowest BCUT2D eigenvalue weighted by Gasteiger charge is -2.27. The van der Waals surface area contributed by atoms with E-state index in [4.69, 9.17) is 16.6 Å². The second-order valence-electron chi connectivity index (χ2n) is 6.74. The van der Waals surface area contributed by atoms with Crippen LogP contribution in [0, 0.1) is 11.3 Å². The lowest BCUT2D eigenvalue weighted by Crippen LogP contribution is -2.26. The van der Waals surface area contributed by atoms with Crippen molar-refractivity contribution >= 4 is 23.1 Å². The number of hydrogen-bond acceptors (Lipinski definition) is 2. The van der Waals surface area contributed by atoms with E-state index in [1.807, 2.05) is 24.4 Å². The van der Waals surface area contributed by atoms with Gasteiger partial charge in [0, 0.05) is 19.3 Å². The van der Waals surface area contributed by atoms with Crippen molar-refractivity contribution in [3.63, 3.8) is 0 Å². The molecule has 0 N–H and O–H groups in total. The molecule has 1 atom stereocenters. The lowest BCUT2D eigenvalue weighted by molar-refractivity contribution is 0.263. The first-order valence-electron chi connectivity index (χ1n) is 7.27. The molecule has 1 aliphatic heterocycles. The van der Waals surface area contributed by atoms with Crippen molar-refractivity contribution in [2.75, 3.05) is 18.0 Å². The van der Waals surface area contributed by atoms with Crippen LogP contribution in [0.1, 0.15) is 32.9 Å². The van der Waals surface area contributed by atoms with Crippen molar-refractivity contribution in [2.24, 2.45) is 11.3 Å². The Morgan fingerprint density at radius 1 is 1.35 bits per heavy atom. The summed E-state index contributed by atoms with van der Waals surface area (Å²) in [6.07, 6.45) is 3.28. The van der Waals surface area contributed by atoms with Crippen LogP contribution in [0.25, 0.3) is 5.65 Å². The SMILES string of the molecule is CC(C)(C)C1CCN(c2nc3ccccn3c2CCl)C1. The first-order chi connectivity index (χ1) is 9.50. The number of imidazole rings is 1. The molecule has 2 aromatic heterocycles. The molecule has 108 valence electrons. The highest BCUT2D eigenvalue weighted by Gasteiger charge is 2.33. The van der Waals surface area contributed by atoms with E-state index in [0.717, 1.165) is 36.2 Å². The van der Waals surface area contributed by atoms with E-state index >= 15 is 0 Å². The third kappa shape index (κ3) is 2.28. The van der Waals surface area contributed by atoms with Gasteiger partial charge in [0.1, 0.15) is 5.65 Å². The maximum Gasteiger partial charge on any atom is 0.152 e. The summed E-state index contributed by atoms with van der Waals surface area (Å²) in [6, 6.07) is 6.08. The molecule has 3 nitrogen and oxygen atoms in total. The quantitative estimate of drug-likeness (QED) is 0.781. The van der Waals surface area contributed by atoms with Crippen molar-refractivity contribution < 1.29 is 0 Å². The number of rotatable bonds is 2. The van der Waals surface area contributed by atoms with E-state index in [9.17, 15) is 0 Å². The van der Waals surface area contributed by atoms with E-state index in [1.54, 1.807) is 0 Å². The minimum Gasteiger partial charge on any atom is -0.355 e. The van der Waals surface area contributed by atoms with Crippen LogP contribution < -0.4 is 4.90 Å². The zero-order chi connectivity index (χ0) is 14.3. The van der Waals surface area contributed by atoms with E-state index in [2.05, 4.69) is 30.1 Å². The molecule has 4 heteroatoms. The predicted octanol–water partition coefficient (Wildman–Crippen LogP) is 3.95. The van der Waals surface area contributed by atoms with Gasteiger partial charge in [-0.3, -0.25) is 0 Å². The van der Waals surface area contributed by atoms with Gasteiger partial charge in [-0.1, -0.05) is 26.8 Å². The van der Waals surface area contributed by atoms with Crippen LogP contribution in [0.2, 0.25) is 0 Å². The number of pyridine rings is 1. The van der Waals surface area contributed by atoms with Gasteiger partial charge < -0.3 is 9.30 Å². The monoisotopic (exact) mass is 291 g/mol. The van der Waals surface area contributed by atoms with Gasteiger partial charge in [0.05, 0.1) is 11.6 Å². The van der Waals surface area contributed by atoms with Gasteiger partial charge in [-0.15, -0.1) is 11.6 Å². The summed E-state index contributed by atoms with van der Waals surface area (Å²) in [4.78, 5) is 7.19. The highest BCUT2D eigenvalue weighted by molar-refractivity contribution is 6.17. The van der Waals surface area contributed by atoms with Crippen LogP contribution in [-0.2, 0) is 5.88 Å². The highest BCUT2D eigenvalue weighted by atomic mass is 35.5. The predicted molar refractivity (Wildman–Crippen MR) is 84.5 cm³/mol. The van der Waals surface area contributed by atoms with Crippen molar-refractivity contribution in [3.8, 4) is 0 Å². The van der Waals surface area contributed by atoms with E-state index in [1.165, 1.54) is 6.42 Å². The smallest absolute Gasteiger partial charge is 0.152 e. The summed E-state index contributed by atoms with van der Waals surface area (Å²) in [7, 11) is 0. The zero-order valence-electron chi connectivity index (χ0n) is 12.4. The van der Waals surface area contributed by atoms with Gasteiger partial charge in [0.25, 0.3) is 0 Å². The second-order valence-corrected chi connectivity index (χ2v) is 7.01. The Morgan fingerprint density at radius 3 is 2.80 bits per heavy atom. The van der Waals surface area contributed by atoms with E-state index in [-0.39, 0.29) is 0 Å². The molecule has 0 saturated carbocycles. The van der Waals surface area contributed by atoms with Gasteiger partial charge in [-0.25, -0.2) is 4.98 Å². The van der Waals surface area contributed by atoms with Crippen LogP contribution >= 0.6 is 11.6 Å². The number of fused-ring (bicyclic) bond motifs is 1. The molecule has 1 fully saturated rings. The van der Waals surface area contributed by atoms with Crippen molar-refractivity contribution in [2.45, 2.75) is 33.1 Å². The van der Waals surface area contributed by atoms with Crippen LogP contribution in [0.5, 0.6) is 0 Å². The van der Waals surface area contributed by atoms with Crippen molar-refractivity contribution in [1.29, 1.82) is 0 Å². The Bertz CT molecular complexity index is 612. The Labute approximate surface area is 125 Å². The topological polar surface area (TPSA) is 20.5 Å². The molecule has 1 aliphatic rings. The molecule has 20 heavy (non-hydrogen) atoms. The number of nitrogens with zero attached hydrogens (tertiary/aromatic N) is 3. The largest absolute Gasteiger partial charge is 0.355 e. The Morgan fingerprint density at radius 2 is 2.15 bits per heavy atom. The van der Waals surface area contributed by atoms with Gasteiger partial charge in [0.2, 0.25) is 0 Å². The minimum atomic E-state index is 0.356. The van der Waals surface area contributed by atoms with Crippen LogP contribution in [-0.4, -0.2) is 22.5 Å². The summed E-state index contributed by atoms with van der Waals surface area (Å²) in [5, 5.41) is 0. The molecule has 3 rings (SSSR count). The molecule has 0 bridgehead atoms. The normalized spacial score (nSPS) is 20.0. The molecule has 0 spiro atoms. The third-order valence-electron chi connectivity index (χ3n) is 4.45. The summed E-state index contributed by atoms with van der Waals surface area (Å²) in [6.45, 7) is 9.14. The minimum absolute atomic E-state index is 0.356. The van der Waals surface area contributed by atoms with Crippen molar-refractivity contribution in [3.05, 3.63) is 30.1 Å². The van der Waals surface area contributed by atoms with Gasteiger partial charge in [0.15, 0.2) is 5.82 Å². The fourth-order valence-corrected chi connectivity index (χ4v) is 3.32. The van der Waals surface area contributed by atoms with Gasteiger partial charge in [-0.2, -0.15) is 0 Å². The molecule has 0 aromatic carbocycles. The highest BCUT2D eigenvalue weighted by Crippen LogP contribution is 2.36. The first-order valence-corrected chi connectivity index (χ1v) is 7.81. The molecule has 1 unspecified atom stereocenters. The number of hydrogen-bond donors (Lipinski definition) is 0. The van der Waals surface area contributed by atoms with E-state index < -0.39 is 0 Å². The maximum atomic E-state index is 6.17. The first kappa shape index (κ1) is 13.7. The van der Waals surface area contributed by atoms with E-state index in [0.29, 0.717) is 11.3 Å². The fraction of sp³-hybridized carbons (Fsp3) is 0.562. The van der Waals surface area contributed by atoms with Crippen molar-refractivity contribution in [1.82, 2.24) is 9.38 Å². The number of anilines is 1. The summed E-state index contributed by atoms with van der Waals surface area (Å²) in [5.74, 6) is 2.28. The summed E-state index contributed by atoms with van der Waals surface area (Å²) in [5.41, 5.74) is 2.45. The lowest BCUT2D eigenvalue weighted by atomic mass is 9.80. The average molecular weight is 292 g/mol. The fourth-order valence-electron chi connectivity index (χ4n) is 3.07. The Hall–Kier alpha value is -1.22. The second kappa shape index (κ2) is 4.96. The zero-order valence-corrected chi connectivity index (χ0v) is 13.2.